The summed E-state index contributed by atoms with van der Waals surface area (Å²) in [5.41, 5.74) is 7.77. The Morgan fingerprint density at radius 2 is 1.83 bits per heavy atom. The number of rotatable bonds is 6. The number of nitrogens with two attached hydrogens (primary N) is 1. The Morgan fingerprint density at radius 3 is 2.50 bits per heavy atom. The van der Waals surface area contributed by atoms with Gasteiger partial charge in [-0.2, -0.15) is 5.26 Å². The predicted octanol–water partition coefficient (Wildman–Crippen LogP) is 4.06. The second-order valence-electron chi connectivity index (χ2n) is 13.3. The number of urea groups is 1. The molecule has 1 heterocycles. The van der Waals surface area contributed by atoms with Crippen LogP contribution in [0.2, 0.25) is 0 Å². The topological polar surface area (TPSA) is 144 Å². The first-order valence-corrected chi connectivity index (χ1v) is 15.2. The quantitative estimate of drug-likeness (QED) is 0.439. The molecule has 0 aromatic heterocycles. The largest absolute Gasteiger partial charge is 0.370 e. The average molecular weight is 574 g/mol. The van der Waals surface area contributed by atoms with Gasteiger partial charge in [-0.3, -0.25) is 14.9 Å². The third-order valence-corrected chi connectivity index (χ3v) is 9.64. The van der Waals surface area contributed by atoms with E-state index in [2.05, 4.69) is 30.6 Å². The van der Waals surface area contributed by atoms with Crippen LogP contribution in [-0.4, -0.2) is 53.2 Å². The number of amides is 4. The molecule has 0 radical (unpaired) electrons. The van der Waals surface area contributed by atoms with Crippen molar-refractivity contribution in [3.05, 3.63) is 47.0 Å². The number of hydrogen-bond acceptors (Lipinski definition) is 6. The van der Waals surface area contributed by atoms with Crippen molar-refractivity contribution >= 4 is 23.8 Å². The molecule has 5 aliphatic rings. The Morgan fingerprint density at radius 1 is 1.12 bits per heavy atom. The van der Waals surface area contributed by atoms with Crippen molar-refractivity contribution in [1.82, 2.24) is 20.4 Å². The van der Waals surface area contributed by atoms with Gasteiger partial charge in [0.05, 0.1) is 17.8 Å². The molecule has 42 heavy (non-hydrogen) atoms. The van der Waals surface area contributed by atoms with Crippen LogP contribution in [-0.2, 0) is 9.59 Å². The highest BCUT2D eigenvalue weighted by atomic mass is 16.2. The number of fused-ring (bicyclic) bond motifs is 3. The second kappa shape index (κ2) is 11.8. The maximum atomic E-state index is 13.9. The molecule has 0 aromatic carbocycles. The number of aliphatic imine (C=N–C) groups is 1. The van der Waals surface area contributed by atoms with Crippen LogP contribution in [0.4, 0.5) is 4.79 Å². The SMILES string of the molecule is CC1CC2CC(C1)CC(C)(C(=O)N(C)C1=CCC3C(=C1)N=C(NC(=O)NC1=CCC(C)C(C#N)=C1)N3CCC(N)=O)C2. The first kappa shape index (κ1) is 29.6. The molecular formula is C32H43N7O3. The average Bonchev–Trinajstić information content (AvgIpc) is 3.26. The maximum absolute atomic E-state index is 13.9. The number of hydrogen-bond donors (Lipinski definition) is 3. The number of primary amides is 1. The van der Waals surface area contributed by atoms with E-state index in [9.17, 15) is 19.6 Å². The molecule has 5 rings (SSSR count). The highest BCUT2D eigenvalue weighted by Gasteiger charge is 2.47. The van der Waals surface area contributed by atoms with Gasteiger partial charge in [0.15, 0.2) is 0 Å². The van der Waals surface area contributed by atoms with E-state index < -0.39 is 11.9 Å². The fourth-order valence-corrected chi connectivity index (χ4v) is 7.79. The van der Waals surface area contributed by atoms with Gasteiger partial charge in [0.25, 0.3) is 0 Å². The van der Waals surface area contributed by atoms with Crippen molar-refractivity contribution in [1.29, 1.82) is 5.26 Å². The number of guanidine groups is 1. The van der Waals surface area contributed by atoms with E-state index in [-0.39, 0.29) is 29.7 Å². The molecule has 2 bridgehead atoms. The van der Waals surface area contributed by atoms with Gasteiger partial charge in [0, 0.05) is 42.4 Å². The van der Waals surface area contributed by atoms with Crippen LogP contribution >= 0.6 is 0 Å². The van der Waals surface area contributed by atoms with Crippen LogP contribution in [0.15, 0.2) is 52.0 Å². The number of carbonyl (C=O) groups excluding carboxylic acids is 3. The van der Waals surface area contributed by atoms with Crippen LogP contribution in [0.3, 0.4) is 0 Å². The zero-order valence-corrected chi connectivity index (χ0v) is 25.2. The van der Waals surface area contributed by atoms with Gasteiger partial charge in [-0.15, -0.1) is 0 Å². The molecule has 0 spiro atoms. The van der Waals surface area contributed by atoms with Crippen molar-refractivity contribution < 1.29 is 14.4 Å². The maximum Gasteiger partial charge on any atom is 0.325 e. The van der Waals surface area contributed by atoms with E-state index in [0.29, 0.717) is 48.5 Å². The van der Waals surface area contributed by atoms with Gasteiger partial charge in [-0.25, -0.2) is 9.79 Å². The molecule has 4 N–H and O–H groups in total. The van der Waals surface area contributed by atoms with Gasteiger partial charge in [-0.05, 0) is 80.8 Å². The Hall–Kier alpha value is -3.87. The van der Waals surface area contributed by atoms with Crippen LogP contribution < -0.4 is 16.4 Å². The molecule has 4 unspecified atom stereocenters. The third kappa shape index (κ3) is 6.15. The summed E-state index contributed by atoms with van der Waals surface area (Å²) in [6.07, 6.45) is 14.4. The summed E-state index contributed by atoms with van der Waals surface area (Å²) in [5, 5.41) is 15.0. The lowest BCUT2D eigenvalue weighted by molar-refractivity contribution is -0.143. The molecular weight excluding hydrogens is 530 g/mol. The van der Waals surface area contributed by atoms with Gasteiger partial charge < -0.3 is 20.9 Å². The smallest absolute Gasteiger partial charge is 0.325 e. The summed E-state index contributed by atoms with van der Waals surface area (Å²) in [5.74, 6) is 2.12. The molecule has 4 amide bonds. The summed E-state index contributed by atoms with van der Waals surface area (Å²) in [6.45, 7) is 6.74. The van der Waals surface area contributed by atoms with Crippen LogP contribution in [0, 0.1) is 40.4 Å². The Kier molecular flexibility index (Phi) is 8.31. The van der Waals surface area contributed by atoms with Gasteiger partial charge in [-0.1, -0.05) is 32.9 Å². The standard InChI is InChI=1S/C32H43N7O3/c1-19-11-21-13-22(12-19)17-32(3,16-21)29(41)38(4)25-7-8-27-26(15-25)36-30(39(27)10-9-28(34)40)37-31(42)35-24-6-5-20(2)23(14-24)18-33/h6-7,14-15,19-22,27H,5,8-13,16-17H2,1-4H3,(H2,34,40)(H2,35,36,37,42). The first-order chi connectivity index (χ1) is 20.0. The molecule has 0 saturated heterocycles. The molecule has 2 saturated carbocycles. The first-order valence-electron chi connectivity index (χ1n) is 15.2. The highest BCUT2D eigenvalue weighted by molar-refractivity contribution is 5.99. The van der Waals surface area contributed by atoms with Crippen molar-refractivity contribution in [3.8, 4) is 6.07 Å². The Labute approximate surface area is 248 Å². The molecule has 4 aliphatic carbocycles. The number of nitriles is 1. The number of nitrogens with one attached hydrogen (secondary N) is 2. The van der Waals surface area contributed by atoms with E-state index >= 15 is 0 Å². The number of allylic oxidation sites excluding steroid dienone is 4. The lowest BCUT2D eigenvalue weighted by Crippen LogP contribution is -2.49. The summed E-state index contributed by atoms with van der Waals surface area (Å²) < 4.78 is 0. The van der Waals surface area contributed by atoms with E-state index in [0.717, 1.165) is 30.2 Å². The van der Waals surface area contributed by atoms with Gasteiger partial charge in [0.1, 0.15) is 0 Å². The van der Waals surface area contributed by atoms with Gasteiger partial charge in [0.2, 0.25) is 17.8 Å². The molecule has 1 aliphatic heterocycles. The normalized spacial score (nSPS) is 31.7. The van der Waals surface area contributed by atoms with E-state index in [4.69, 9.17) is 10.7 Å². The number of carbonyl (C=O) groups is 3. The minimum absolute atomic E-state index is 0.109. The van der Waals surface area contributed by atoms with Crippen molar-refractivity contribution in [3.63, 3.8) is 0 Å². The second-order valence-corrected chi connectivity index (χ2v) is 13.3. The summed E-state index contributed by atoms with van der Waals surface area (Å²) in [4.78, 5) is 46.9. The molecule has 2 fully saturated rings. The van der Waals surface area contributed by atoms with Crippen molar-refractivity contribution in [2.75, 3.05) is 13.6 Å². The summed E-state index contributed by atoms with van der Waals surface area (Å²) in [6, 6.07) is 1.51. The molecule has 224 valence electrons. The predicted molar refractivity (Wildman–Crippen MR) is 160 cm³/mol. The van der Waals surface area contributed by atoms with Crippen LogP contribution in [0.1, 0.15) is 72.1 Å². The molecule has 10 heteroatoms. The minimum Gasteiger partial charge on any atom is -0.370 e. The summed E-state index contributed by atoms with van der Waals surface area (Å²) >= 11 is 0. The van der Waals surface area contributed by atoms with E-state index in [1.807, 2.05) is 37.1 Å². The number of likely N-dealkylation sites (N-methyl/N-ethyl adjacent to an activating group) is 1. The molecule has 0 aromatic rings. The Bertz CT molecular complexity index is 1330. The summed E-state index contributed by atoms with van der Waals surface area (Å²) in [7, 11) is 1.85. The minimum atomic E-state index is -0.489. The van der Waals surface area contributed by atoms with E-state index in [1.54, 1.807) is 11.0 Å². The van der Waals surface area contributed by atoms with E-state index in [1.165, 1.54) is 19.3 Å². The van der Waals surface area contributed by atoms with Crippen molar-refractivity contribution in [2.24, 2.45) is 39.8 Å². The van der Waals surface area contributed by atoms with Gasteiger partial charge >= 0.3 is 6.03 Å². The zero-order valence-electron chi connectivity index (χ0n) is 25.2. The number of nitrogens with zero attached hydrogens (tertiary/aromatic N) is 4. The lowest BCUT2D eigenvalue weighted by atomic mass is 9.59. The lowest BCUT2D eigenvalue weighted by Gasteiger charge is -2.47. The third-order valence-electron chi connectivity index (χ3n) is 9.64. The monoisotopic (exact) mass is 573 g/mol. The fourth-order valence-electron chi connectivity index (χ4n) is 7.79. The Balaban J connectivity index is 1.30. The molecule has 4 atom stereocenters. The molecule has 10 nitrogen and oxygen atoms in total. The van der Waals surface area contributed by atoms with Crippen molar-refractivity contribution in [2.45, 2.75) is 78.2 Å². The van der Waals surface area contributed by atoms with Crippen LogP contribution in [0.5, 0.6) is 0 Å². The highest BCUT2D eigenvalue weighted by Crippen LogP contribution is 2.51. The van der Waals surface area contributed by atoms with Crippen LogP contribution in [0.25, 0.3) is 0 Å². The zero-order chi connectivity index (χ0) is 30.2. The fraction of sp³-hybridized carbons (Fsp3) is 0.594.